The first-order chi connectivity index (χ1) is 10.1. The number of hydrogen-bond donors (Lipinski definition) is 0. The molecule has 0 N–H and O–H groups in total. The number of rotatable bonds is 4. The van der Waals surface area contributed by atoms with Crippen LogP contribution in [0.5, 0.6) is 0 Å². The zero-order chi connectivity index (χ0) is 15.0. The minimum Gasteiger partial charge on any atom is -0.284 e. The molecule has 21 heavy (non-hydrogen) atoms. The fraction of sp³-hybridized carbons (Fsp3) is 0.600. The van der Waals surface area contributed by atoms with Crippen LogP contribution in [0.4, 0.5) is 0 Å². The number of carbonyl (C=O) groups excluding carboxylic acids is 2. The van der Waals surface area contributed by atoms with Crippen LogP contribution in [-0.2, 0) is 16.1 Å². The minimum atomic E-state index is -0.0458. The van der Waals surface area contributed by atoms with Crippen molar-refractivity contribution in [3.8, 4) is 0 Å². The van der Waals surface area contributed by atoms with E-state index in [2.05, 4.69) is 22.0 Å². The van der Waals surface area contributed by atoms with Crippen molar-refractivity contribution >= 4 is 39.1 Å². The summed E-state index contributed by atoms with van der Waals surface area (Å²) in [4.78, 5) is 29.6. The summed E-state index contributed by atoms with van der Waals surface area (Å²) in [6.45, 7) is 1.16. The number of nitrogens with zero attached hydrogens (tertiary/aromatic N) is 2. The number of imide groups is 1. The van der Waals surface area contributed by atoms with Crippen LogP contribution in [0.3, 0.4) is 0 Å². The van der Waals surface area contributed by atoms with Crippen LogP contribution >= 0.6 is 27.3 Å². The normalized spacial score (nSPS) is 25.8. The van der Waals surface area contributed by atoms with Gasteiger partial charge in [0.2, 0.25) is 11.8 Å². The van der Waals surface area contributed by atoms with E-state index < -0.39 is 0 Å². The van der Waals surface area contributed by atoms with Crippen molar-refractivity contribution in [3.63, 3.8) is 0 Å². The second-order valence-electron chi connectivity index (χ2n) is 5.96. The van der Waals surface area contributed by atoms with E-state index in [-0.39, 0.29) is 23.7 Å². The standard InChI is InChI=1S/C15H19BrN2O2S/c1-17(8-10-6-7-13(16)21-10)9-18-14(19)11-4-2-3-5-12(11)15(18)20/h6-7,11-12H,2-5,8-9H2,1H3/t11-,12-/m0/s1. The molecule has 0 aromatic carbocycles. The molecule has 2 aliphatic rings. The molecule has 2 atom stereocenters. The summed E-state index contributed by atoms with van der Waals surface area (Å²) in [6, 6.07) is 4.09. The Morgan fingerprint density at radius 1 is 1.24 bits per heavy atom. The van der Waals surface area contributed by atoms with E-state index in [1.54, 1.807) is 11.3 Å². The quantitative estimate of drug-likeness (QED) is 0.764. The highest BCUT2D eigenvalue weighted by molar-refractivity contribution is 9.11. The van der Waals surface area contributed by atoms with Gasteiger partial charge in [-0.1, -0.05) is 12.8 Å². The molecule has 1 aliphatic carbocycles. The number of likely N-dealkylation sites (tertiary alicyclic amines) is 1. The summed E-state index contributed by atoms with van der Waals surface area (Å²) in [5, 5.41) is 0. The summed E-state index contributed by atoms with van der Waals surface area (Å²) in [5.41, 5.74) is 0. The van der Waals surface area contributed by atoms with Gasteiger partial charge in [0.25, 0.3) is 0 Å². The Hall–Kier alpha value is -0.720. The number of thiophene rings is 1. The van der Waals surface area contributed by atoms with E-state index in [0.29, 0.717) is 6.67 Å². The van der Waals surface area contributed by atoms with Crippen molar-refractivity contribution in [3.05, 3.63) is 20.8 Å². The minimum absolute atomic E-state index is 0.0453. The van der Waals surface area contributed by atoms with Gasteiger partial charge in [0.05, 0.1) is 22.3 Å². The molecule has 2 fully saturated rings. The lowest BCUT2D eigenvalue weighted by Gasteiger charge is -2.22. The molecule has 1 aromatic heterocycles. The van der Waals surface area contributed by atoms with Gasteiger partial charge in [0.1, 0.15) is 0 Å². The number of hydrogen-bond acceptors (Lipinski definition) is 4. The van der Waals surface area contributed by atoms with E-state index in [1.165, 1.54) is 9.78 Å². The molecular weight excluding hydrogens is 352 g/mol. The predicted molar refractivity (Wildman–Crippen MR) is 85.7 cm³/mol. The highest BCUT2D eigenvalue weighted by atomic mass is 79.9. The van der Waals surface area contributed by atoms with E-state index in [1.807, 2.05) is 18.0 Å². The first-order valence-electron chi connectivity index (χ1n) is 7.34. The van der Waals surface area contributed by atoms with Crippen molar-refractivity contribution in [1.82, 2.24) is 9.80 Å². The van der Waals surface area contributed by atoms with Crippen LogP contribution in [0.15, 0.2) is 15.9 Å². The van der Waals surface area contributed by atoms with Crippen LogP contribution in [0.1, 0.15) is 30.6 Å². The zero-order valence-electron chi connectivity index (χ0n) is 12.0. The van der Waals surface area contributed by atoms with E-state index >= 15 is 0 Å². The Balaban J connectivity index is 1.64. The molecule has 2 amide bonds. The predicted octanol–water partition coefficient (Wildman–Crippen LogP) is 3.08. The Labute approximate surface area is 137 Å². The van der Waals surface area contributed by atoms with E-state index in [4.69, 9.17) is 0 Å². The molecular formula is C15H19BrN2O2S. The number of fused-ring (bicyclic) bond motifs is 1. The Morgan fingerprint density at radius 2 is 1.86 bits per heavy atom. The lowest BCUT2D eigenvalue weighted by Crippen LogP contribution is -2.39. The van der Waals surface area contributed by atoms with Crippen LogP contribution < -0.4 is 0 Å². The number of carbonyl (C=O) groups is 2. The third kappa shape index (κ3) is 3.07. The fourth-order valence-electron chi connectivity index (χ4n) is 3.36. The summed E-state index contributed by atoms with van der Waals surface area (Å²) in [6.07, 6.45) is 3.92. The Bertz CT molecular complexity index is 536. The first-order valence-corrected chi connectivity index (χ1v) is 8.95. The third-order valence-electron chi connectivity index (χ3n) is 4.37. The van der Waals surface area contributed by atoms with Crippen molar-refractivity contribution in [2.24, 2.45) is 11.8 Å². The molecule has 4 nitrogen and oxygen atoms in total. The highest BCUT2D eigenvalue weighted by Gasteiger charge is 2.48. The van der Waals surface area contributed by atoms with Gasteiger partial charge in [-0.25, -0.2) is 0 Å². The van der Waals surface area contributed by atoms with Crippen LogP contribution in [0, 0.1) is 11.8 Å². The summed E-state index contributed by atoms with van der Waals surface area (Å²) in [7, 11) is 1.95. The maximum absolute atomic E-state index is 12.4. The smallest absolute Gasteiger partial charge is 0.234 e. The summed E-state index contributed by atoms with van der Waals surface area (Å²) < 4.78 is 1.10. The van der Waals surface area contributed by atoms with Gasteiger partial charge in [-0.15, -0.1) is 11.3 Å². The van der Waals surface area contributed by atoms with Crippen molar-refractivity contribution in [2.75, 3.05) is 13.7 Å². The zero-order valence-corrected chi connectivity index (χ0v) is 14.5. The van der Waals surface area contributed by atoms with E-state index in [9.17, 15) is 9.59 Å². The van der Waals surface area contributed by atoms with E-state index in [0.717, 1.165) is 36.0 Å². The molecule has 1 saturated heterocycles. The molecule has 0 unspecified atom stereocenters. The van der Waals surface area contributed by atoms with Crippen molar-refractivity contribution in [1.29, 1.82) is 0 Å². The third-order valence-corrected chi connectivity index (χ3v) is 5.98. The molecule has 1 aliphatic heterocycles. The van der Waals surface area contributed by atoms with Crippen molar-refractivity contribution in [2.45, 2.75) is 32.2 Å². The summed E-state index contributed by atoms with van der Waals surface area (Å²) >= 11 is 5.13. The molecule has 2 heterocycles. The second kappa shape index (κ2) is 6.18. The largest absolute Gasteiger partial charge is 0.284 e. The topological polar surface area (TPSA) is 40.6 Å². The van der Waals surface area contributed by atoms with Gasteiger partial charge in [0, 0.05) is 11.4 Å². The fourth-order valence-corrected chi connectivity index (χ4v) is 4.93. The number of amides is 2. The molecule has 1 aromatic rings. The maximum Gasteiger partial charge on any atom is 0.234 e. The van der Waals surface area contributed by atoms with Gasteiger partial charge in [0.15, 0.2) is 0 Å². The molecule has 6 heteroatoms. The molecule has 0 spiro atoms. The SMILES string of the molecule is CN(Cc1ccc(Br)s1)CN1C(=O)[C@H]2CCCC[C@@H]2C1=O. The van der Waals surface area contributed by atoms with Gasteiger partial charge in [-0.2, -0.15) is 0 Å². The van der Waals surface area contributed by atoms with Crippen molar-refractivity contribution < 1.29 is 9.59 Å². The average molecular weight is 371 g/mol. The lowest BCUT2D eigenvalue weighted by molar-refractivity contribution is -0.142. The molecule has 3 rings (SSSR count). The van der Waals surface area contributed by atoms with Crippen LogP contribution in [-0.4, -0.2) is 35.3 Å². The monoisotopic (exact) mass is 370 g/mol. The maximum atomic E-state index is 12.4. The lowest BCUT2D eigenvalue weighted by atomic mass is 9.81. The van der Waals surface area contributed by atoms with Gasteiger partial charge < -0.3 is 0 Å². The second-order valence-corrected chi connectivity index (χ2v) is 8.51. The molecule has 114 valence electrons. The molecule has 0 radical (unpaired) electrons. The Morgan fingerprint density at radius 3 is 2.38 bits per heavy atom. The number of halogens is 1. The van der Waals surface area contributed by atoms with Gasteiger partial charge in [-0.3, -0.25) is 19.4 Å². The molecule has 0 bridgehead atoms. The van der Waals surface area contributed by atoms with Gasteiger partial charge in [-0.05, 0) is 48.0 Å². The summed E-state index contributed by atoms with van der Waals surface area (Å²) in [5.74, 6) is -0.00103. The first kappa shape index (κ1) is 15.2. The molecule has 1 saturated carbocycles. The Kier molecular flexibility index (Phi) is 4.47. The van der Waals surface area contributed by atoms with Gasteiger partial charge >= 0.3 is 0 Å². The average Bonchev–Trinajstić information content (AvgIpc) is 2.97. The van der Waals surface area contributed by atoms with Crippen LogP contribution in [0.2, 0.25) is 0 Å². The van der Waals surface area contributed by atoms with Crippen LogP contribution in [0.25, 0.3) is 0 Å². The highest BCUT2D eigenvalue weighted by Crippen LogP contribution is 2.38.